The lowest BCUT2D eigenvalue weighted by molar-refractivity contribution is -0.143. The number of hydrogen-bond donors (Lipinski definition) is 0. The second-order valence-electron chi connectivity index (χ2n) is 10.6. The molecule has 42 heavy (non-hydrogen) atoms. The van der Waals surface area contributed by atoms with E-state index in [0.29, 0.717) is 62.5 Å². The second-order valence-corrected chi connectivity index (χ2v) is 10.6. The van der Waals surface area contributed by atoms with Crippen molar-refractivity contribution in [3.8, 4) is 0 Å². The van der Waals surface area contributed by atoms with Crippen LogP contribution in [0.5, 0.6) is 0 Å². The lowest BCUT2D eigenvalue weighted by atomic mass is 9.97. The van der Waals surface area contributed by atoms with E-state index in [1.165, 1.54) is 16.7 Å². The largest absolute Gasteiger partial charge is 0.446 e. The fraction of sp³-hybridized carbons (Fsp3) is 0.517. The maximum Gasteiger partial charge on any atom is 0.416 e. The smallest absolute Gasteiger partial charge is 0.416 e. The molecule has 1 unspecified atom stereocenters. The summed E-state index contributed by atoms with van der Waals surface area (Å²) >= 11 is 0. The fourth-order valence-corrected chi connectivity index (χ4v) is 5.31. The number of carbonyl (C=O) groups is 2. The van der Waals surface area contributed by atoms with E-state index in [1.807, 2.05) is 12.1 Å². The Labute approximate surface area is 240 Å². The Bertz CT molecular complexity index is 1260. The normalized spacial score (nSPS) is 18.0. The molecule has 7 nitrogen and oxygen atoms in total. The Hall–Kier alpha value is -3.48. The van der Waals surface area contributed by atoms with E-state index in [0.717, 1.165) is 5.69 Å². The minimum atomic E-state index is -5.01. The summed E-state index contributed by atoms with van der Waals surface area (Å²) in [6.45, 7) is 6.68. The SMILES string of the molecule is CC(=O)N(Cc1cc(C(F)(F)F)cc(C(F)(F)F)c1)C1CCCN(C(=O)OC(C)C)c2cc(N3CCOCC3)ccc21. The van der Waals surface area contributed by atoms with Crippen LogP contribution in [0.15, 0.2) is 36.4 Å². The zero-order valence-corrected chi connectivity index (χ0v) is 23.5. The van der Waals surface area contributed by atoms with Crippen LogP contribution < -0.4 is 9.80 Å². The summed E-state index contributed by atoms with van der Waals surface area (Å²) in [5, 5.41) is 0. The number of ether oxygens (including phenoxy) is 2. The van der Waals surface area contributed by atoms with Gasteiger partial charge in [-0.2, -0.15) is 26.3 Å². The third-order valence-electron chi connectivity index (χ3n) is 7.24. The molecule has 1 fully saturated rings. The van der Waals surface area contributed by atoms with Crippen molar-refractivity contribution in [3.63, 3.8) is 0 Å². The molecular weight excluding hydrogens is 568 g/mol. The number of anilines is 2. The predicted molar refractivity (Wildman–Crippen MR) is 143 cm³/mol. The van der Waals surface area contributed by atoms with Gasteiger partial charge in [0.25, 0.3) is 0 Å². The molecule has 2 heterocycles. The number of alkyl halides is 6. The number of amides is 2. The van der Waals surface area contributed by atoms with Crippen LogP contribution in [-0.4, -0.2) is 55.9 Å². The molecule has 1 atom stereocenters. The molecule has 13 heteroatoms. The number of nitrogens with zero attached hydrogens (tertiary/aromatic N) is 3. The molecule has 2 aliphatic heterocycles. The molecule has 0 N–H and O–H groups in total. The Morgan fingerprint density at radius 3 is 2.14 bits per heavy atom. The lowest BCUT2D eigenvalue weighted by Gasteiger charge is -2.34. The van der Waals surface area contributed by atoms with Crippen LogP contribution in [0.3, 0.4) is 0 Å². The number of morpholine rings is 1. The van der Waals surface area contributed by atoms with Gasteiger partial charge in [0, 0.05) is 38.8 Å². The molecule has 0 radical (unpaired) electrons. The number of benzene rings is 2. The molecule has 1 saturated heterocycles. The summed E-state index contributed by atoms with van der Waals surface area (Å²) in [6, 6.07) is 6.01. The van der Waals surface area contributed by atoms with E-state index in [9.17, 15) is 35.9 Å². The van der Waals surface area contributed by atoms with Crippen molar-refractivity contribution in [2.24, 2.45) is 0 Å². The standard InChI is InChI=1S/C29H33F6N3O4/c1-18(2)42-27(40)37-8-4-5-25(24-7-6-23(16-26(24)37)36-9-11-41-12-10-36)38(19(3)39)17-20-13-21(28(30,31)32)15-22(14-20)29(33,34)35/h6-7,13-16,18,25H,4-5,8-12,17H2,1-3H3. The van der Waals surface area contributed by atoms with Crippen LogP contribution in [0, 0.1) is 0 Å². The van der Waals surface area contributed by atoms with Crippen molar-refractivity contribution in [3.05, 3.63) is 58.7 Å². The first-order chi connectivity index (χ1) is 19.6. The molecule has 0 aliphatic carbocycles. The summed E-state index contributed by atoms with van der Waals surface area (Å²) in [6.07, 6.45) is -10.3. The van der Waals surface area contributed by atoms with E-state index >= 15 is 0 Å². The first kappa shape index (κ1) is 31.5. The maximum atomic E-state index is 13.5. The van der Waals surface area contributed by atoms with Crippen LogP contribution in [0.25, 0.3) is 0 Å². The molecule has 0 aromatic heterocycles. The monoisotopic (exact) mass is 601 g/mol. The highest BCUT2D eigenvalue weighted by atomic mass is 19.4. The highest BCUT2D eigenvalue weighted by Crippen LogP contribution is 2.41. The zero-order valence-electron chi connectivity index (χ0n) is 23.5. The Kier molecular flexibility index (Phi) is 9.29. The number of halogens is 6. The summed E-state index contributed by atoms with van der Waals surface area (Å²) < 4.78 is 92.1. The Balaban J connectivity index is 1.78. The van der Waals surface area contributed by atoms with Crippen LogP contribution in [0.2, 0.25) is 0 Å². The van der Waals surface area contributed by atoms with Gasteiger partial charge in [0.15, 0.2) is 0 Å². The third-order valence-corrected chi connectivity index (χ3v) is 7.24. The van der Waals surface area contributed by atoms with E-state index in [1.54, 1.807) is 19.9 Å². The molecule has 2 amide bonds. The van der Waals surface area contributed by atoms with Gasteiger partial charge in [0.2, 0.25) is 5.91 Å². The first-order valence-electron chi connectivity index (χ1n) is 13.7. The van der Waals surface area contributed by atoms with Crippen LogP contribution in [0.4, 0.5) is 42.5 Å². The summed E-state index contributed by atoms with van der Waals surface area (Å²) in [5.41, 5.74) is -1.38. The van der Waals surface area contributed by atoms with Crippen molar-refractivity contribution in [2.75, 3.05) is 42.6 Å². The maximum absolute atomic E-state index is 13.5. The third kappa shape index (κ3) is 7.29. The topological polar surface area (TPSA) is 62.3 Å². The quantitative estimate of drug-likeness (QED) is 0.353. The highest BCUT2D eigenvalue weighted by molar-refractivity contribution is 5.90. The van der Waals surface area contributed by atoms with Gasteiger partial charge in [-0.3, -0.25) is 9.69 Å². The molecule has 0 spiro atoms. The fourth-order valence-electron chi connectivity index (χ4n) is 5.31. The van der Waals surface area contributed by atoms with Gasteiger partial charge in [0.05, 0.1) is 42.2 Å². The van der Waals surface area contributed by atoms with Gasteiger partial charge < -0.3 is 19.3 Å². The molecule has 2 aliphatic rings. The van der Waals surface area contributed by atoms with E-state index in [-0.39, 0.29) is 18.2 Å². The van der Waals surface area contributed by atoms with Gasteiger partial charge >= 0.3 is 18.4 Å². The minimum Gasteiger partial charge on any atom is -0.446 e. The Morgan fingerprint density at radius 1 is 0.976 bits per heavy atom. The lowest BCUT2D eigenvalue weighted by Crippen LogP contribution is -2.37. The summed E-state index contributed by atoms with van der Waals surface area (Å²) in [4.78, 5) is 30.9. The average Bonchev–Trinajstić information content (AvgIpc) is 3.10. The van der Waals surface area contributed by atoms with Crippen molar-refractivity contribution >= 4 is 23.4 Å². The molecule has 0 saturated carbocycles. The molecule has 230 valence electrons. The molecular formula is C29H33F6N3O4. The van der Waals surface area contributed by atoms with Gasteiger partial charge in [-0.05, 0) is 68.1 Å². The van der Waals surface area contributed by atoms with E-state index in [2.05, 4.69) is 4.90 Å². The number of rotatable bonds is 5. The van der Waals surface area contributed by atoms with Gasteiger partial charge in [-0.1, -0.05) is 6.07 Å². The number of fused-ring (bicyclic) bond motifs is 1. The minimum absolute atomic E-state index is 0.0634. The van der Waals surface area contributed by atoms with Gasteiger partial charge in [-0.15, -0.1) is 0 Å². The number of hydrogen-bond acceptors (Lipinski definition) is 5. The van der Waals surface area contributed by atoms with Crippen molar-refractivity contribution < 1.29 is 45.4 Å². The average molecular weight is 602 g/mol. The summed E-state index contributed by atoms with van der Waals surface area (Å²) in [5.74, 6) is -0.535. The molecule has 2 aromatic rings. The van der Waals surface area contributed by atoms with Gasteiger partial charge in [-0.25, -0.2) is 4.79 Å². The first-order valence-corrected chi connectivity index (χ1v) is 13.7. The van der Waals surface area contributed by atoms with E-state index < -0.39 is 54.2 Å². The molecule has 2 aromatic carbocycles. The van der Waals surface area contributed by atoms with Crippen molar-refractivity contribution in [1.29, 1.82) is 0 Å². The van der Waals surface area contributed by atoms with Gasteiger partial charge in [0.1, 0.15) is 0 Å². The van der Waals surface area contributed by atoms with Crippen molar-refractivity contribution in [1.82, 2.24) is 4.90 Å². The van der Waals surface area contributed by atoms with E-state index in [4.69, 9.17) is 9.47 Å². The summed E-state index contributed by atoms with van der Waals surface area (Å²) in [7, 11) is 0. The molecule has 0 bridgehead atoms. The van der Waals surface area contributed by atoms with Crippen molar-refractivity contribution in [2.45, 2.75) is 64.7 Å². The highest BCUT2D eigenvalue weighted by Gasteiger charge is 2.38. The number of carbonyl (C=O) groups excluding carboxylic acids is 2. The predicted octanol–water partition coefficient (Wildman–Crippen LogP) is 6.80. The van der Waals surface area contributed by atoms with Crippen LogP contribution in [-0.2, 0) is 33.2 Å². The van der Waals surface area contributed by atoms with Crippen LogP contribution >= 0.6 is 0 Å². The second kappa shape index (κ2) is 12.4. The zero-order chi connectivity index (χ0) is 30.8. The molecule has 4 rings (SSSR count). The van der Waals surface area contributed by atoms with Crippen LogP contribution in [0.1, 0.15) is 61.9 Å². The Morgan fingerprint density at radius 2 is 1.60 bits per heavy atom.